The first-order valence-corrected chi connectivity index (χ1v) is 15.5. The van der Waals surface area contributed by atoms with Gasteiger partial charge in [0.2, 0.25) is 11.9 Å². The molecule has 250 valence electrons. The number of nitrogens with one attached hydrogen (secondary N) is 2. The third-order valence-electron chi connectivity index (χ3n) is 8.96. The van der Waals surface area contributed by atoms with E-state index in [0.717, 1.165) is 17.7 Å². The van der Waals surface area contributed by atoms with Crippen molar-refractivity contribution >= 4 is 34.4 Å². The molecule has 2 aliphatic rings. The van der Waals surface area contributed by atoms with Crippen LogP contribution < -0.4 is 21.1 Å². The van der Waals surface area contributed by atoms with Crippen LogP contribution in [-0.4, -0.2) is 51.1 Å². The number of hydrogen-bond donors (Lipinski definition) is 3. The Kier molecular flexibility index (Phi) is 7.88. The molecule has 4 N–H and O–H groups in total. The lowest BCUT2D eigenvalue weighted by atomic mass is 9.76. The number of primary amides is 1. The van der Waals surface area contributed by atoms with Gasteiger partial charge in [0.1, 0.15) is 35.2 Å². The Morgan fingerprint density at radius 3 is 2.47 bits per heavy atom. The monoisotopic (exact) mass is 671 g/mol. The molecule has 7 rings (SSSR count). The summed E-state index contributed by atoms with van der Waals surface area (Å²) in [7, 11) is 0. The number of halogens is 4. The van der Waals surface area contributed by atoms with E-state index in [9.17, 15) is 27.2 Å². The van der Waals surface area contributed by atoms with Gasteiger partial charge in [-0.25, -0.2) is 19.3 Å². The Morgan fingerprint density at radius 2 is 1.80 bits per heavy atom. The van der Waals surface area contributed by atoms with Crippen LogP contribution in [0.25, 0.3) is 22.2 Å². The molecule has 14 heteroatoms. The number of carbonyl (C=O) groups is 2. The van der Waals surface area contributed by atoms with Gasteiger partial charge >= 0.3 is 6.18 Å². The Balaban J connectivity index is 1.26. The van der Waals surface area contributed by atoms with Gasteiger partial charge in [0, 0.05) is 47.2 Å². The number of nitrogens with two attached hydrogens (primary N) is 1. The van der Waals surface area contributed by atoms with Crippen molar-refractivity contribution in [2.24, 2.45) is 11.7 Å². The lowest BCUT2D eigenvalue weighted by molar-refractivity contribution is -0.149. The zero-order valence-corrected chi connectivity index (χ0v) is 26.0. The third-order valence-corrected chi connectivity index (χ3v) is 8.96. The van der Waals surface area contributed by atoms with E-state index in [1.165, 1.54) is 36.7 Å². The minimum absolute atomic E-state index is 0.0214. The number of aromatic nitrogens is 4. The summed E-state index contributed by atoms with van der Waals surface area (Å²) in [5.74, 6) is -4.15. The largest absolute Gasteiger partial charge is 0.489 e. The molecular weight excluding hydrogens is 642 g/mol. The van der Waals surface area contributed by atoms with Gasteiger partial charge in [-0.05, 0) is 85.8 Å². The molecule has 1 fully saturated rings. The highest BCUT2D eigenvalue weighted by Gasteiger charge is 2.57. The molecule has 2 aromatic carbocycles. The molecule has 0 radical (unpaired) electrons. The maximum absolute atomic E-state index is 14.9. The molecular formula is C35H29F4N7O3. The Labute approximate surface area is 277 Å². The van der Waals surface area contributed by atoms with Crippen molar-refractivity contribution in [3.8, 4) is 17.0 Å². The van der Waals surface area contributed by atoms with Crippen LogP contribution in [0.5, 0.6) is 5.75 Å². The number of hydrogen-bond acceptors (Lipinski definition) is 8. The number of anilines is 2. The van der Waals surface area contributed by atoms with Crippen LogP contribution in [-0.2, 0) is 10.2 Å². The van der Waals surface area contributed by atoms with Crippen LogP contribution in [0.15, 0.2) is 73.2 Å². The fraction of sp³-hybridized carbons (Fsp3) is 0.257. The SMILES string of the molecule is Cc1cnc2c(Nc3ncccn3)cc(C(=O)NC[C@H](c3cc4c(c(-c5ccc(F)cc5)n3)OC[C@@]4(C(N)=O)C3CC3)C(F)(F)F)cc2c1. The van der Waals surface area contributed by atoms with E-state index in [4.69, 9.17) is 10.5 Å². The first kappa shape index (κ1) is 31.9. The maximum Gasteiger partial charge on any atom is 0.398 e. The van der Waals surface area contributed by atoms with Crippen LogP contribution >= 0.6 is 0 Å². The molecule has 0 spiro atoms. The smallest absolute Gasteiger partial charge is 0.398 e. The zero-order valence-electron chi connectivity index (χ0n) is 26.0. The van der Waals surface area contributed by atoms with Gasteiger partial charge in [0.05, 0.1) is 16.9 Å². The number of carbonyl (C=O) groups excluding carboxylic acids is 2. The summed E-state index contributed by atoms with van der Waals surface area (Å²) in [6.07, 6.45) is 1.15. The Hall–Kier alpha value is -5.66. The van der Waals surface area contributed by atoms with Crippen molar-refractivity contribution in [2.45, 2.75) is 37.3 Å². The molecule has 3 aromatic heterocycles. The normalized spacial score (nSPS) is 17.7. The van der Waals surface area contributed by atoms with Gasteiger partial charge < -0.3 is 21.1 Å². The van der Waals surface area contributed by atoms with Crippen LogP contribution in [0.4, 0.5) is 29.2 Å². The molecule has 2 amide bonds. The fourth-order valence-electron chi connectivity index (χ4n) is 6.35. The highest BCUT2D eigenvalue weighted by atomic mass is 19.4. The van der Waals surface area contributed by atoms with Gasteiger partial charge in [-0.3, -0.25) is 14.6 Å². The number of rotatable bonds is 9. The summed E-state index contributed by atoms with van der Waals surface area (Å²) in [5.41, 5.74) is 6.41. The standard InChI is InChI=1S/C35H29F4N7O3/c1-18-11-20-12-21(13-27(28(20)43-15-18)46-33-41-9-2-10-42-33)31(47)44-16-25(35(37,38)39)26-14-24-30(29(45-26)19-3-7-23(36)8-4-19)49-17-34(24,32(40)48)22-5-6-22/h2-4,7-15,22,25H,5-6,16-17H2,1H3,(H2,40,48)(H,44,47)(H,41,42,46)/t25-,34-/m1/s1. The summed E-state index contributed by atoms with van der Waals surface area (Å²) in [6, 6.07) is 12.7. The molecule has 10 nitrogen and oxygen atoms in total. The van der Waals surface area contributed by atoms with Gasteiger partial charge in [-0.15, -0.1) is 0 Å². The van der Waals surface area contributed by atoms with Crippen LogP contribution in [0, 0.1) is 18.7 Å². The second-order valence-corrected chi connectivity index (χ2v) is 12.3. The molecule has 1 aliphatic carbocycles. The van der Waals surface area contributed by atoms with E-state index < -0.39 is 47.4 Å². The highest BCUT2D eigenvalue weighted by molar-refractivity contribution is 6.02. The minimum Gasteiger partial charge on any atom is -0.489 e. The average Bonchev–Trinajstić information content (AvgIpc) is 3.84. The maximum atomic E-state index is 14.9. The molecule has 4 heterocycles. The third kappa shape index (κ3) is 5.98. The predicted octanol–water partition coefficient (Wildman–Crippen LogP) is 5.88. The minimum atomic E-state index is -4.87. The van der Waals surface area contributed by atoms with Gasteiger partial charge in [0.15, 0.2) is 0 Å². The number of benzene rings is 2. The lowest BCUT2D eigenvalue weighted by Gasteiger charge is -2.26. The molecule has 5 aromatic rings. The van der Waals surface area contributed by atoms with E-state index in [1.807, 2.05) is 6.92 Å². The zero-order chi connectivity index (χ0) is 34.5. The lowest BCUT2D eigenvalue weighted by Crippen LogP contribution is -2.45. The molecule has 2 atom stereocenters. The molecule has 0 bridgehead atoms. The first-order valence-electron chi connectivity index (χ1n) is 15.5. The summed E-state index contributed by atoms with van der Waals surface area (Å²) < 4.78 is 64.4. The molecule has 49 heavy (non-hydrogen) atoms. The van der Waals surface area contributed by atoms with E-state index >= 15 is 0 Å². The molecule has 1 aliphatic heterocycles. The van der Waals surface area contributed by atoms with Crippen molar-refractivity contribution in [3.63, 3.8) is 0 Å². The van der Waals surface area contributed by atoms with Crippen molar-refractivity contribution < 1.29 is 31.9 Å². The number of fused-ring (bicyclic) bond motifs is 2. The van der Waals surface area contributed by atoms with Crippen molar-refractivity contribution in [2.75, 3.05) is 18.5 Å². The summed E-state index contributed by atoms with van der Waals surface area (Å²) in [4.78, 5) is 43.6. The highest BCUT2D eigenvalue weighted by Crippen LogP contribution is 2.55. The van der Waals surface area contributed by atoms with Crippen LogP contribution in [0.1, 0.15) is 45.9 Å². The van der Waals surface area contributed by atoms with Gasteiger partial charge in [0.25, 0.3) is 5.91 Å². The number of alkyl halides is 3. The topological polar surface area (TPSA) is 145 Å². The van der Waals surface area contributed by atoms with Gasteiger partial charge in [-0.1, -0.05) is 0 Å². The number of amides is 2. The second kappa shape index (κ2) is 12.1. The van der Waals surface area contributed by atoms with E-state index in [1.54, 1.807) is 24.4 Å². The van der Waals surface area contributed by atoms with Crippen molar-refractivity contribution in [1.29, 1.82) is 0 Å². The predicted molar refractivity (Wildman–Crippen MR) is 172 cm³/mol. The first-order chi connectivity index (χ1) is 23.4. The fourth-order valence-corrected chi connectivity index (χ4v) is 6.35. The summed E-state index contributed by atoms with van der Waals surface area (Å²) in [5, 5.41) is 6.04. The van der Waals surface area contributed by atoms with Crippen molar-refractivity contribution in [3.05, 3.63) is 101 Å². The number of aryl methyl sites for hydroxylation is 1. The number of pyridine rings is 2. The quantitative estimate of drug-likeness (QED) is 0.165. The summed E-state index contributed by atoms with van der Waals surface area (Å²) in [6.45, 7) is 0.806. The molecule has 0 unspecified atom stereocenters. The van der Waals surface area contributed by atoms with Gasteiger partial charge in [-0.2, -0.15) is 13.2 Å². The second-order valence-electron chi connectivity index (χ2n) is 12.3. The summed E-state index contributed by atoms with van der Waals surface area (Å²) >= 11 is 0. The van der Waals surface area contributed by atoms with Crippen LogP contribution in [0.3, 0.4) is 0 Å². The molecule has 1 saturated carbocycles. The van der Waals surface area contributed by atoms with E-state index in [-0.39, 0.29) is 41.0 Å². The van der Waals surface area contributed by atoms with Crippen molar-refractivity contribution in [1.82, 2.24) is 25.3 Å². The Bertz CT molecular complexity index is 2090. The van der Waals surface area contributed by atoms with E-state index in [0.29, 0.717) is 35.0 Å². The van der Waals surface area contributed by atoms with E-state index in [2.05, 4.69) is 30.6 Å². The number of ether oxygens (including phenoxy) is 1. The number of nitrogens with zero attached hydrogens (tertiary/aromatic N) is 4. The Morgan fingerprint density at radius 1 is 1.06 bits per heavy atom. The average molecular weight is 672 g/mol. The van der Waals surface area contributed by atoms with Crippen LogP contribution in [0.2, 0.25) is 0 Å². The molecule has 0 saturated heterocycles.